The first-order chi connectivity index (χ1) is 17.4. The second-order valence-electron chi connectivity index (χ2n) is 9.93. The number of pyridine rings is 2. The maximum absolute atomic E-state index is 13.7. The molecule has 7 rings (SSSR count). The molecule has 0 amide bonds. The molecule has 6 heterocycles. The summed E-state index contributed by atoms with van der Waals surface area (Å²) in [4.78, 5) is 32.1. The van der Waals surface area contributed by atoms with Crippen molar-refractivity contribution < 1.29 is 4.79 Å². The molecule has 8 bridgehead atoms. The molecular formula is C27H21N7OS. The van der Waals surface area contributed by atoms with Gasteiger partial charge in [-0.05, 0) is 30.3 Å². The minimum absolute atomic E-state index is 0.0139. The molecule has 6 aromatic heterocycles. The van der Waals surface area contributed by atoms with Gasteiger partial charge in [0.25, 0.3) is 0 Å². The molecule has 176 valence electrons. The maximum atomic E-state index is 13.7. The number of nitrogens with one attached hydrogen (secondary N) is 2. The second-order valence-corrected chi connectivity index (χ2v) is 11.0. The van der Waals surface area contributed by atoms with Crippen molar-refractivity contribution in [3.05, 3.63) is 61.1 Å². The molecule has 0 spiro atoms. The first kappa shape index (κ1) is 21.0. The van der Waals surface area contributed by atoms with Crippen LogP contribution in [0.1, 0.15) is 25.6 Å². The summed E-state index contributed by atoms with van der Waals surface area (Å²) in [6.07, 6.45) is 5.26. The fraction of sp³-hybridized carbons (Fsp3) is 0.148. The molecule has 2 N–H and O–H groups in total. The third-order valence-electron chi connectivity index (χ3n) is 6.38. The Hall–Kier alpha value is -4.37. The van der Waals surface area contributed by atoms with Gasteiger partial charge in [-0.1, -0.05) is 32.9 Å². The average Bonchev–Trinajstić information content (AvgIpc) is 3.60. The highest BCUT2D eigenvalue weighted by Crippen LogP contribution is 2.31. The van der Waals surface area contributed by atoms with Crippen molar-refractivity contribution in [3.63, 3.8) is 0 Å². The molecule has 36 heavy (non-hydrogen) atoms. The van der Waals surface area contributed by atoms with Crippen molar-refractivity contribution in [1.82, 2.24) is 34.7 Å². The van der Waals surface area contributed by atoms with Crippen molar-refractivity contribution in [1.29, 1.82) is 0 Å². The molecule has 0 unspecified atom stereocenters. The van der Waals surface area contributed by atoms with Crippen molar-refractivity contribution in [2.45, 2.75) is 20.8 Å². The van der Waals surface area contributed by atoms with Crippen LogP contribution in [0.15, 0.2) is 61.1 Å². The van der Waals surface area contributed by atoms with Gasteiger partial charge >= 0.3 is 0 Å². The van der Waals surface area contributed by atoms with Crippen LogP contribution in [0.2, 0.25) is 0 Å². The quantitative estimate of drug-likeness (QED) is 0.251. The zero-order valence-electron chi connectivity index (χ0n) is 19.8. The van der Waals surface area contributed by atoms with E-state index in [0.29, 0.717) is 11.2 Å². The van der Waals surface area contributed by atoms with Gasteiger partial charge < -0.3 is 4.98 Å². The molecule has 0 fully saturated rings. The number of thiophene rings is 1. The van der Waals surface area contributed by atoms with Gasteiger partial charge in [-0.2, -0.15) is 5.10 Å². The molecule has 8 nitrogen and oxygen atoms in total. The fourth-order valence-corrected chi connectivity index (χ4v) is 5.61. The number of carbonyl (C=O) groups excluding carboxylic acids is 1. The van der Waals surface area contributed by atoms with E-state index in [9.17, 15) is 4.79 Å². The zero-order valence-corrected chi connectivity index (χ0v) is 20.6. The van der Waals surface area contributed by atoms with Crippen molar-refractivity contribution in [2.24, 2.45) is 5.41 Å². The van der Waals surface area contributed by atoms with Gasteiger partial charge in [0.1, 0.15) is 10.3 Å². The highest BCUT2D eigenvalue weighted by atomic mass is 32.1. The van der Waals surface area contributed by atoms with Crippen LogP contribution in [-0.4, -0.2) is 40.6 Å². The highest BCUT2D eigenvalue weighted by Gasteiger charge is 2.24. The number of fused-ring (bicyclic) bond motifs is 9. The third kappa shape index (κ3) is 3.09. The number of benzene rings is 1. The molecule has 0 aliphatic heterocycles. The highest BCUT2D eigenvalue weighted by molar-refractivity contribution is 7.24. The van der Waals surface area contributed by atoms with E-state index in [1.54, 1.807) is 34.5 Å². The Balaban J connectivity index is 1.77. The molecule has 0 saturated heterocycles. The topological polar surface area (TPSA) is 105 Å². The first-order valence-corrected chi connectivity index (χ1v) is 12.4. The standard InChI is InChI=1S/C27H21N7OS/c1-27(2,3)26(35)34-15-9-14(11-28-12-15)19-10-17-20(13-29-19)32-33-24(17)25-30-18-6-4-5-16(23(18)31-25)21-7-8-22(34)36-21/h4-13H,1-3H3,(H,30,31)(H,32,33). The van der Waals surface area contributed by atoms with Crippen LogP contribution in [0.25, 0.3) is 64.4 Å². The van der Waals surface area contributed by atoms with Crippen LogP contribution in [0.5, 0.6) is 0 Å². The Labute approximate surface area is 208 Å². The summed E-state index contributed by atoms with van der Waals surface area (Å²) in [5, 5.41) is 10.3. The minimum atomic E-state index is -0.594. The summed E-state index contributed by atoms with van der Waals surface area (Å²) in [5.41, 5.74) is 4.85. The number of hydrogen-bond acceptors (Lipinski definition) is 6. The molecule has 7 aromatic rings. The molecule has 0 aliphatic carbocycles. The molecule has 9 heteroatoms. The summed E-state index contributed by atoms with van der Waals surface area (Å²) in [5.74, 6) is -0.0139. The summed E-state index contributed by atoms with van der Waals surface area (Å²) >= 11 is 1.56. The van der Waals surface area contributed by atoms with E-state index >= 15 is 0 Å². The lowest BCUT2D eigenvalue weighted by molar-refractivity contribution is 0.0778. The lowest BCUT2D eigenvalue weighted by Crippen LogP contribution is -2.26. The van der Waals surface area contributed by atoms with E-state index in [4.69, 9.17) is 4.98 Å². The lowest BCUT2D eigenvalue weighted by atomic mass is 9.95. The van der Waals surface area contributed by atoms with E-state index in [1.165, 1.54) is 0 Å². The number of aromatic amines is 2. The van der Waals surface area contributed by atoms with E-state index in [2.05, 4.69) is 31.2 Å². The van der Waals surface area contributed by atoms with Gasteiger partial charge in [-0.25, -0.2) is 4.98 Å². The number of carbonyl (C=O) groups is 1. The SMILES string of the molecule is CC(C)(C)C(=O)n1c2cncc(c2)c2cc3c(cn2)[nH]nc3c2nc3c(cccc3c3ccc1s3)[nH]2. The van der Waals surface area contributed by atoms with Gasteiger partial charge in [-0.3, -0.25) is 24.4 Å². The maximum Gasteiger partial charge on any atom is 0.237 e. The van der Waals surface area contributed by atoms with Crippen LogP contribution in [-0.2, 0) is 0 Å². The molecule has 0 radical (unpaired) electrons. The Bertz CT molecular complexity index is 2070. The molecule has 1 aromatic carbocycles. The van der Waals surface area contributed by atoms with Gasteiger partial charge in [-0.15, -0.1) is 11.3 Å². The smallest absolute Gasteiger partial charge is 0.237 e. The normalized spacial score (nSPS) is 12.4. The monoisotopic (exact) mass is 491 g/mol. The summed E-state index contributed by atoms with van der Waals surface area (Å²) < 4.78 is 2.79. The first-order valence-electron chi connectivity index (χ1n) is 11.6. The van der Waals surface area contributed by atoms with Crippen LogP contribution in [0, 0.1) is 5.41 Å². The average molecular weight is 492 g/mol. The predicted molar refractivity (Wildman–Crippen MR) is 145 cm³/mol. The number of nitrogens with zero attached hydrogens (tertiary/aromatic N) is 5. The number of aromatic nitrogens is 7. The van der Waals surface area contributed by atoms with E-state index in [-0.39, 0.29) is 5.91 Å². The van der Waals surface area contributed by atoms with Crippen LogP contribution in [0.3, 0.4) is 0 Å². The molecular weight excluding hydrogens is 470 g/mol. The van der Waals surface area contributed by atoms with Crippen LogP contribution in [0.4, 0.5) is 0 Å². The number of para-hydroxylation sites is 1. The van der Waals surface area contributed by atoms with Gasteiger partial charge in [0.2, 0.25) is 5.91 Å². The van der Waals surface area contributed by atoms with Crippen LogP contribution >= 0.6 is 11.3 Å². The molecule has 0 aliphatic rings. The second kappa shape index (κ2) is 7.32. The Morgan fingerprint density at radius 1 is 0.972 bits per heavy atom. The number of hydrogen-bond donors (Lipinski definition) is 2. The van der Waals surface area contributed by atoms with Gasteiger partial charge in [0.05, 0.1) is 40.0 Å². The Morgan fingerprint density at radius 2 is 1.86 bits per heavy atom. The fourth-order valence-electron chi connectivity index (χ4n) is 4.56. The minimum Gasteiger partial charge on any atom is -0.337 e. The largest absolute Gasteiger partial charge is 0.337 e. The van der Waals surface area contributed by atoms with Crippen molar-refractivity contribution >= 4 is 81.7 Å². The van der Waals surface area contributed by atoms with Crippen molar-refractivity contribution in [2.75, 3.05) is 0 Å². The number of imidazole rings is 1. The summed E-state index contributed by atoms with van der Waals surface area (Å²) in [6.45, 7) is 5.79. The van der Waals surface area contributed by atoms with Crippen molar-refractivity contribution in [3.8, 4) is 0 Å². The number of rotatable bonds is 0. The number of H-pyrrole nitrogens is 2. The third-order valence-corrected chi connectivity index (χ3v) is 7.49. The lowest BCUT2D eigenvalue weighted by Gasteiger charge is -2.19. The molecule has 0 atom stereocenters. The van der Waals surface area contributed by atoms with Gasteiger partial charge in [0.15, 0.2) is 5.65 Å². The van der Waals surface area contributed by atoms with Crippen LogP contribution < -0.4 is 0 Å². The Morgan fingerprint density at radius 3 is 2.72 bits per heavy atom. The van der Waals surface area contributed by atoms with Gasteiger partial charge in [0, 0.05) is 32.5 Å². The van der Waals surface area contributed by atoms with E-state index in [0.717, 1.165) is 53.3 Å². The summed E-state index contributed by atoms with van der Waals surface area (Å²) in [6, 6.07) is 14.1. The van der Waals surface area contributed by atoms with E-state index in [1.807, 2.05) is 57.2 Å². The Kier molecular flexibility index (Phi) is 4.26. The summed E-state index contributed by atoms with van der Waals surface area (Å²) in [7, 11) is 0. The molecule has 0 saturated carbocycles. The van der Waals surface area contributed by atoms with E-state index < -0.39 is 5.41 Å². The predicted octanol–water partition coefficient (Wildman–Crippen LogP) is 6.52. The zero-order chi connectivity index (χ0) is 24.6.